The molecule has 156 valence electrons. The number of piperidine rings is 1. The predicted molar refractivity (Wildman–Crippen MR) is 112 cm³/mol. The number of nitrogens with two attached hydrogens (primary N) is 1. The molecule has 1 saturated heterocycles. The van der Waals surface area contributed by atoms with E-state index in [1.165, 1.54) is 6.07 Å². The van der Waals surface area contributed by atoms with Crippen LogP contribution in [0.5, 0.6) is 0 Å². The van der Waals surface area contributed by atoms with Crippen molar-refractivity contribution in [1.82, 2.24) is 15.3 Å². The highest BCUT2D eigenvalue weighted by atomic mass is 19.2. The highest BCUT2D eigenvalue weighted by Crippen LogP contribution is 2.24. The summed E-state index contributed by atoms with van der Waals surface area (Å²) in [6.45, 7) is 1.63. The predicted octanol–water partition coefficient (Wildman–Crippen LogP) is 3.23. The Morgan fingerprint density at radius 1 is 1.13 bits per heavy atom. The number of amides is 1. The zero-order valence-electron chi connectivity index (χ0n) is 16.3. The van der Waals surface area contributed by atoms with Crippen molar-refractivity contribution in [3.05, 3.63) is 70.9 Å². The molecule has 1 aromatic heterocycles. The number of hydrogen-bond acceptors (Lipinski definition) is 4. The minimum Gasteiger partial charge on any atom is -0.401 e. The summed E-state index contributed by atoms with van der Waals surface area (Å²) in [7, 11) is 0. The maximum atomic E-state index is 13.7. The molecule has 1 aliphatic rings. The summed E-state index contributed by atoms with van der Waals surface area (Å²) >= 11 is 0. The van der Waals surface area contributed by atoms with Gasteiger partial charge in [0.25, 0.3) is 5.91 Å². The fourth-order valence-corrected chi connectivity index (χ4v) is 3.74. The van der Waals surface area contributed by atoms with Crippen LogP contribution >= 0.6 is 0 Å². The highest BCUT2D eigenvalue weighted by molar-refractivity contribution is 6.04. The Morgan fingerprint density at radius 3 is 2.63 bits per heavy atom. The number of para-hydroxylation sites is 2. The molecule has 0 radical (unpaired) electrons. The van der Waals surface area contributed by atoms with Gasteiger partial charge in [0.2, 0.25) is 5.95 Å². The first-order valence-electron chi connectivity index (χ1n) is 9.90. The van der Waals surface area contributed by atoms with Crippen molar-refractivity contribution in [2.45, 2.75) is 19.3 Å². The van der Waals surface area contributed by atoms with E-state index in [0.29, 0.717) is 22.8 Å². The van der Waals surface area contributed by atoms with Gasteiger partial charge < -0.3 is 16.0 Å². The molecular weight excluding hydrogens is 388 g/mol. The standard InChI is InChI=1S/C22H23F2N5O/c23-16-6-5-13(12-17(16)24)11-15(20(25)14-7-9-26-10-8-14)21(30)29-22-27-18-3-1-2-4-19(18)28-22/h1-6,12,14,26H,7-11,25H2,(H2,27,28,29,30)/b20-15-. The minimum atomic E-state index is -0.954. The summed E-state index contributed by atoms with van der Waals surface area (Å²) in [4.78, 5) is 20.6. The molecule has 4 rings (SSSR count). The van der Waals surface area contributed by atoms with Crippen LogP contribution in [0.3, 0.4) is 0 Å². The van der Waals surface area contributed by atoms with Gasteiger partial charge in [0.05, 0.1) is 11.0 Å². The maximum absolute atomic E-state index is 13.7. The minimum absolute atomic E-state index is 0.0490. The Kier molecular flexibility index (Phi) is 5.76. The number of anilines is 1. The number of carbonyl (C=O) groups excluding carboxylic acids is 1. The van der Waals surface area contributed by atoms with Crippen molar-refractivity contribution in [3.63, 3.8) is 0 Å². The van der Waals surface area contributed by atoms with Crippen LogP contribution in [0, 0.1) is 17.6 Å². The highest BCUT2D eigenvalue weighted by Gasteiger charge is 2.23. The molecule has 5 N–H and O–H groups in total. The molecular formula is C22H23F2N5O. The van der Waals surface area contributed by atoms with Gasteiger partial charge in [-0.2, -0.15) is 0 Å². The average Bonchev–Trinajstić information content (AvgIpc) is 3.16. The lowest BCUT2D eigenvalue weighted by atomic mass is 9.89. The molecule has 0 bridgehead atoms. The third kappa shape index (κ3) is 4.33. The molecule has 2 aromatic carbocycles. The van der Waals surface area contributed by atoms with Crippen LogP contribution in [0.25, 0.3) is 11.0 Å². The summed E-state index contributed by atoms with van der Waals surface area (Å²) < 4.78 is 27.0. The fourth-order valence-electron chi connectivity index (χ4n) is 3.74. The summed E-state index contributed by atoms with van der Waals surface area (Å²) in [6, 6.07) is 11.0. The SMILES string of the molecule is N/C(=C(/Cc1ccc(F)c(F)c1)C(=O)Nc1nc2ccccc2[nH]1)C1CCNCC1. The monoisotopic (exact) mass is 411 g/mol. The van der Waals surface area contributed by atoms with E-state index in [4.69, 9.17) is 5.73 Å². The van der Waals surface area contributed by atoms with Crippen molar-refractivity contribution in [1.29, 1.82) is 0 Å². The zero-order valence-corrected chi connectivity index (χ0v) is 16.3. The van der Waals surface area contributed by atoms with Crippen LogP contribution in [-0.2, 0) is 11.2 Å². The molecule has 0 aliphatic carbocycles. The molecule has 0 saturated carbocycles. The number of fused-ring (bicyclic) bond motifs is 1. The Hall–Kier alpha value is -3.26. The summed E-state index contributed by atoms with van der Waals surface area (Å²) in [5, 5.41) is 6.04. The maximum Gasteiger partial charge on any atom is 0.255 e. The van der Waals surface area contributed by atoms with E-state index in [1.54, 1.807) is 0 Å². The third-order valence-corrected chi connectivity index (χ3v) is 5.39. The van der Waals surface area contributed by atoms with Gasteiger partial charge in [-0.15, -0.1) is 0 Å². The summed E-state index contributed by atoms with van der Waals surface area (Å²) in [5.41, 5.74) is 9.25. The number of benzene rings is 2. The van der Waals surface area contributed by atoms with E-state index in [2.05, 4.69) is 20.6 Å². The molecule has 8 heteroatoms. The van der Waals surface area contributed by atoms with Crippen molar-refractivity contribution < 1.29 is 13.6 Å². The van der Waals surface area contributed by atoms with Crippen LogP contribution in [0.1, 0.15) is 18.4 Å². The van der Waals surface area contributed by atoms with Crippen LogP contribution < -0.4 is 16.4 Å². The smallest absolute Gasteiger partial charge is 0.255 e. The van der Waals surface area contributed by atoms with Gasteiger partial charge in [0.15, 0.2) is 11.6 Å². The number of halogens is 2. The number of rotatable bonds is 5. The van der Waals surface area contributed by atoms with Gasteiger partial charge in [0, 0.05) is 23.6 Å². The molecule has 0 unspecified atom stereocenters. The van der Waals surface area contributed by atoms with Gasteiger partial charge in [-0.1, -0.05) is 18.2 Å². The zero-order chi connectivity index (χ0) is 21.1. The first kappa shape index (κ1) is 20.0. The number of aromatic amines is 1. The second kappa shape index (κ2) is 8.62. The van der Waals surface area contributed by atoms with Crippen molar-refractivity contribution >= 4 is 22.9 Å². The molecule has 1 fully saturated rings. The van der Waals surface area contributed by atoms with Gasteiger partial charge in [-0.25, -0.2) is 13.8 Å². The average molecular weight is 411 g/mol. The molecule has 30 heavy (non-hydrogen) atoms. The van der Waals surface area contributed by atoms with Crippen molar-refractivity contribution in [2.24, 2.45) is 11.7 Å². The Balaban J connectivity index is 1.64. The lowest BCUT2D eigenvalue weighted by Gasteiger charge is -2.25. The number of aromatic nitrogens is 2. The topological polar surface area (TPSA) is 95.8 Å². The molecule has 1 aliphatic heterocycles. The summed E-state index contributed by atoms with van der Waals surface area (Å²) in [5.74, 6) is -1.93. The molecule has 6 nitrogen and oxygen atoms in total. The van der Waals surface area contributed by atoms with E-state index in [1.807, 2.05) is 24.3 Å². The van der Waals surface area contributed by atoms with Crippen molar-refractivity contribution in [2.75, 3.05) is 18.4 Å². The number of H-pyrrole nitrogens is 1. The lowest BCUT2D eigenvalue weighted by Crippen LogP contribution is -2.33. The van der Waals surface area contributed by atoms with E-state index in [9.17, 15) is 13.6 Å². The van der Waals surface area contributed by atoms with E-state index in [0.717, 1.165) is 49.1 Å². The Morgan fingerprint density at radius 2 is 1.90 bits per heavy atom. The number of carbonyl (C=O) groups is 1. The first-order chi connectivity index (χ1) is 14.5. The molecule has 1 amide bonds. The van der Waals surface area contributed by atoms with Gasteiger partial charge in [-0.3, -0.25) is 10.1 Å². The lowest BCUT2D eigenvalue weighted by molar-refractivity contribution is -0.113. The van der Waals surface area contributed by atoms with Crippen LogP contribution in [-0.4, -0.2) is 29.0 Å². The normalized spacial score (nSPS) is 15.8. The number of imidazole rings is 1. The number of allylic oxidation sites excluding steroid dienone is 1. The van der Waals surface area contributed by atoms with Gasteiger partial charge >= 0.3 is 0 Å². The van der Waals surface area contributed by atoms with Crippen LogP contribution in [0.2, 0.25) is 0 Å². The third-order valence-electron chi connectivity index (χ3n) is 5.39. The molecule has 0 spiro atoms. The first-order valence-corrected chi connectivity index (χ1v) is 9.90. The van der Waals surface area contributed by atoms with E-state index >= 15 is 0 Å². The largest absolute Gasteiger partial charge is 0.401 e. The van der Waals surface area contributed by atoms with Crippen molar-refractivity contribution in [3.8, 4) is 0 Å². The van der Waals surface area contributed by atoms with E-state index < -0.39 is 17.5 Å². The fraction of sp³-hybridized carbons (Fsp3) is 0.273. The van der Waals surface area contributed by atoms with E-state index in [-0.39, 0.29) is 12.3 Å². The molecule has 3 aromatic rings. The quantitative estimate of drug-likeness (QED) is 0.485. The Labute approximate surface area is 172 Å². The van der Waals surface area contributed by atoms with Gasteiger partial charge in [-0.05, 0) is 55.8 Å². The Bertz CT molecular complexity index is 1070. The number of nitrogens with zero attached hydrogens (tertiary/aromatic N) is 1. The van der Waals surface area contributed by atoms with Crippen LogP contribution in [0.15, 0.2) is 53.7 Å². The van der Waals surface area contributed by atoms with Gasteiger partial charge in [0.1, 0.15) is 0 Å². The summed E-state index contributed by atoms with van der Waals surface area (Å²) in [6.07, 6.45) is 1.72. The molecule has 0 atom stereocenters. The molecule has 2 heterocycles. The number of nitrogens with one attached hydrogen (secondary N) is 3. The van der Waals surface area contributed by atoms with Crippen LogP contribution in [0.4, 0.5) is 14.7 Å². The second-order valence-corrected chi connectivity index (χ2v) is 7.44. The second-order valence-electron chi connectivity index (χ2n) is 7.44. The number of hydrogen-bond donors (Lipinski definition) is 4.